The van der Waals surface area contributed by atoms with E-state index >= 15 is 0 Å². The molecule has 1 aliphatic heterocycles. The van der Waals surface area contributed by atoms with Gasteiger partial charge in [0.1, 0.15) is 18.1 Å². The molecule has 32 heavy (non-hydrogen) atoms. The highest BCUT2D eigenvalue weighted by Crippen LogP contribution is 2.39. The van der Waals surface area contributed by atoms with Crippen LogP contribution in [0.1, 0.15) is 11.6 Å². The summed E-state index contributed by atoms with van der Waals surface area (Å²) < 4.78 is 7.49. The molecule has 0 bridgehead atoms. The monoisotopic (exact) mass is 445 g/mol. The molecule has 0 saturated carbocycles. The highest BCUT2D eigenvalue weighted by atomic mass is 32.2. The number of ether oxygens (including phenoxy) is 1. The molecule has 0 fully saturated rings. The highest BCUT2D eigenvalue weighted by molar-refractivity contribution is 7.99. The number of phenols is 1. The van der Waals surface area contributed by atoms with Gasteiger partial charge in [0.05, 0.1) is 23.2 Å². The number of rotatable bonds is 5. The second kappa shape index (κ2) is 8.72. The lowest BCUT2D eigenvalue weighted by Crippen LogP contribution is -2.42. The van der Waals surface area contributed by atoms with E-state index in [4.69, 9.17) is 4.74 Å². The third kappa shape index (κ3) is 3.90. The summed E-state index contributed by atoms with van der Waals surface area (Å²) >= 11 is 1.26. The Hall–Kier alpha value is -3.85. The predicted molar refractivity (Wildman–Crippen MR) is 120 cm³/mol. The fraction of sp³-hybridized carbons (Fsp3) is 0.130. The first-order valence-electron chi connectivity index (χ1n) is 10.00. The first-order valence-corrected chi connectivity index (χ1v) is 11.0. The number of para-hydroxylation sites is 2. The minimum Gasteiger partial charge on any atom is -0.508 e. The maximum Gasteiger partial charge on any atom is 0.238 e. The summed E-state index contributed by atoms with van der Waals surface area (Å²) in [6.45, 7) is 0.378. The average molecular weight is 446 g/mol. The molecule has 0 aliphatic carbocycles. The normalized spacial score (nSPS) is 15.1. The topological polar surface area (TPSA) is 93.4 Å². The predicted octanol–water partition coefficient (Wildman–Crippen LogP) is 3.63. The number of carbonyl (C=O) groups excluding carboxylic acids is 1. The molecule has 0 radical (unpaired) electrons. The lowest BCUT2D eigenvalue weighted by molar-refractivity contribution is -0.117. The van der Waals surface area contributed by atoms with Crippen LogP contribution < -0.4 is 9.64 Å². The first-order chi connectivity index (χ1) is 15.7. The number of tetrazole rings is 1. The van der Waals surface area contributed by atoms with Gasteiger partial charge in [0.2, 0.25) is 11.1 Å². The van der Waals surface area contributed by atoms with Crippen molar-refractivity contribution in [3.63, 3.8) is 0 Å². The van der Waals surface area contributed by atoms with E-state index in [1.807, 2.05) is 54.6 Å². The smallest absolute Gasteiger partial charge is 0.238 e. The fourth-order valence-electron chi connectivity index (χ4n) is 3.64. The van der Waals surface area contributed by atoms with Crippen LogP contribution in [0.5, 0.6) is 11.5 Å². The summed E-state index contributed by atoms with van der Waals surface area (Å²) in [7, 11) is 0. The second-order valence-corrected chi connectivity index (χ2v) is 8.09. The van der Waals surface area contributed by atoms with Gasteiger partial charge < -0.3 is 9.84 Å². The van der Waals surface area contributed by atoms with E-state index in [9.17, 15) is 9.90 Å². The molecule has 4 aromatic rings. The SMILES string of the molecule is O=C(CSc1nnnn1-c1ccc(O)cc1)N1c2ccccc2OCC1c1ccccc1. The average Bonchev–Trinajstić information content (AvgIpc) is 3.31. The van der Waals surface area contributed by atoms with Crippen molar-refractivity contribution >= 4 is 23.4 Å². The van der Waals surface area contributed by atoms with Crippen molar-refractivity contribution in [2.75, 3.05) is 17.3 Å². The number of phenolic OH excluding ortho intramolecular Hbond substituents is 1. The maximum absolute atomic E-state index is 13.5. The standard InChI is InChI=1S/C23H19N5O3S/c29-18-12-10-17(11-13-18)28-23(24-25-26-28)32-15-22(30)27-19-8-4-5-9-21(19)31-14-20(27)16-6-2-1-3-7-16/h1-13,20,29H,14-15H2. The third-order valence-corrected chi connectivity index (χ3v) is 6.05. The number of aromatic nitrogens is 4. The molecule has 1 aliphatic rings. The van der Waals surface area contributed by atoms with Crippen LogP contribution in [0.2, 0.25) is 0 Å². The molecular weight excluding hydrogens is 426 g/mol. The zero-order chi connectivity index (χ0) is 21.9. The molecule has 1 N–H and O–H groups in total. The van der Waals surface area contributed by atoms with Gasteiger partial charge in [-0.15, -0.1) is 5.10 Å². The number of anilines is 1. The Morgan fingerprint density at radius 3 is 2.59 bits per heavy atom. The van der Waals surface area contributed by atoms with E-state index in [2.05, 4.69) is 15.5 Å². The molecular formula is C23H19N5O3S. The molecule has 3 aromatic carbocycles. The molecule has 0 spiro atoms. The Labute approximate surface area is 188 Å². The number of hydrogen-bond acceptors (Lipinski definition) is 7. The van der Waals surface area contributed by atoms with Crippen molar-refractivity contribution in [2.24, 2.45) is 0 Å². The number of aromatic hydroxyl groups is 1. The van der Waals surface area contributed by atoms with Crippen molar-refractivity contribution < 1.29 is 14.6 Å². The number of benzene rings is 3. The summed E-state index contributed by atoms with van der Waals surface area (Å²) in [5, 5.41) is 21.8. The molecule has 160 valence electrons. The van der Waals surface area contributed by atoms with Gasteiger partial charge >= 0.3 is 0 Å². The van der Waals surface area contributed by atoms with Crippen molar-refractivity contribution in [2.45, 2.75) is 11.2 Å². The van der Waals surface area contributed by atoms with Crippen molar-refractivity contribution in [3.05, 3.63) is 84.4 Å². The Balaban J connectivity index is 1.40. The quantitative estimate of drug-likeness (QED) is 0.469. The minimum atomic E-state index is -0.229. The number of thioether (sulfide) groups is 1. The van der Waals surface area contributed by atoms with Crippen LogP contribution in [0.4, 0.5) is 5.69 Å². The summed E-state index contributed by atoms with van der Waals surface area (Å²) in [5.41, 5.74) is 2.45. The lowest BCUT2D eigenvalue weighted by atomic mass is 10.0. The van der Waals surface area contributed by atoms with Gasteiger partial charge in [0.15, 0.2) is 0 Å². The molecule has 1 aromatic heterocycles. The minimum absolute atomic E-state index is 0.0696. The number of fused-ring (bicyclic) bond motifs is 1. The zero-order valence-corrected chi connectivity index (χ0v) is 17.7. The van der Waals surface area contributed by atoms with Crippen LogP contribution in [0.25, 0.3) is 5.69 Å². The van der Waals surface area contributed by atoms with Crippen LogP contribution in [-0.4, -0.2) is 43.6 Å². The molecule has 1 amide bonds. The van der Waals surface area contributed by atoms with Crippen LogP contribution in [-0.2, 0) is 4.79 Å². The largest absolute Gasteiger partial charge is 0.508 e. The van der Waals surface area contributed by atoms with Gasteiger partial charge in [-0.2, -0.15) is 4.68 Å². The van der Waals surface area contributed by atoms with Gasteiger partial charge in [-0.05, 0) is 52.4 Å². The summed E-state index contributed by atoms with van der Waals surface area (Å²) in [5.74, 6) is 0.923. The molecule has 9 heteroatoms. The highest BCUT2D eigenvalue weighted by Gasteiger charge is 2.33. The summed E-state index contributed by atoms with van der Waals surface area (Å²) in [4.78, 5) is 15.3. The Morgan fingerprint density at radius 2 is 1.78 bits per heavy atom. The lowest BCUT2D eigenvalue weighted by Gasteiger charge is -2.37. The fourth-order valence-corrected chi connectivity index (χ4v) is 4.39. The number of hydrogen-bond donors (Lipinski definition) is 1. The Morgan fingerprint density at radius 1 is 1.03 bits per heavy atom. The number of nitrogens with zero attached hydrogens (tertiary/aromatic N) is 5. The van der Waals surface area contributed by atoms with E-state index in [0.717, 1.165) is 11.3 Å². The van der Waals surface area contributed by atoms with Gasteiger partial charge in [0, 0.05) is 0 Å². The summed E-state index contributed by atoms with van der Waals surface area (Å²) in [6.07, 6.45) is 0. The first kappa shape index (κ1) is 20.1. The zero-order valence-electron chi connectivity index (χ0n) is 16.9. The Kier molecular flexibility index (Phi) is 5.47. The van der Waals surface area contributed by atoms with Crippen molar-refractivity contribution in [3.8, 4) is 17.2 Å². The van der Waals surface area contributed by atoms with Crippen LogP contribution in [0.3, 0.4) is 0 Å². The molecule has 5 rings (SSSR count). The molecule has 2 heterocycles. The van der Waals surface area contributed by atoms with Gasteiger partial charge in [-0.25, -0.2) is 0 Å². The van der Waals surface area contributed by atoms with Crippen LogP contribution in [0.15, 0.2) is 84.0 Å². The van der Waals surface area contributed by atoms with Gasteiger partial charge in [-0.3, -0.25) is 9.69 Å². The molecule has 1 atom stereocenters. The number of carbonyl (C=O) groups is 1. The second-order valence-electron chi connectivity index (χ2n) is 7.15. The summed E-state index contributed by atoms with van der Waals surface area (Å²) in [6, 6.07) is 23.7. The van der Waals surface area contributed by atoms with E-state index < -0.39 is 0 Å². The molecule has 1 unspecified atom stereocenters. The maximum atomic E-state index is 13.5. The van der Waals surface area contributed by atoms with Crippen molar-refractivity contribution in [1.82, 2.24) is 20.2 Å². The molecule has 0 saturated heterocycles. The van der Waals surface area contributed by atoms with E-state index in [-0.39, 0.29) is 23.5 Å². The van der Waals surface area contributed by atoms with E-state index in [1.165, 1.54) is 11.8 Å². The third-order valence-electron chi connectivity index (χ3n) is 5.15. The van der Waals surface area contributed by atoms with Crippen LogP contribution in [0, 0.1) is 0 Å². The van der Waals surface area contributed by atoms with Gasteiger partial charge in [0.25, 0.3) is 0 Å². The van der Waals surface area contributed by atoms with Crippen LogP contribution >= 0.6 is 11.8 Å². The van der Waals surface area contributed by atoms with E-state index in [1.54, 1.807) is 33.8 Å². The van der Waals surface area contributed by atoms with E-state index in [0.29, 0.717) is 23.2 Å². The molecule has 8 nitrogen and oxygen atoms in total. The Bertz CT molecular complexity index is 1230. The number of amides is 1. The van der Waals surface area contributed by atoms with Crippen molar-refractivity contribution in [1.29, 1.82) is 0 Å². The van der Waals surface area contributed by atoms with Gasteiger partial charge in [-0.1, -0.05) is 54.2 Å².